The van der Waals surface area contributed by atoms with Crippen LogP contribution in [-0.2, 0) is 0 Å². The Morgan fingerprint density at radius 1 is 1.47 bits per heavy atom. The van der Waals surface area contributed by atoms with Crippen LogP contribution in [0.1, 0.15) is 27.2 Å². The van der Waals surface area contributed by atoms with Gasteiger partial charge >= 0.3 is 0 Å². The summed E-state index contributed by atoms with van der Waals surface area (Å²) >= 11 is 0. The Hall–Kier alpha value is -1.78. The van der Waals surface area contributed by atoms with Crippen molar-refractivity contribution in [2.45, 2.75) is 33.2 Å². The maximum Gasteiger partial charge on any atom is 0.180 e. The number of hydrogen-bond acceptors (Lipinski definition) is 4. The average molecular weight is 233 g/mol. The molecule has 1 unspecified atom stereocenters. The summed E-state index contributed by atoms with van der Waals surface area (Å²) in [6.07, 6.45) is 6.43. The number of rotatable bonds is 4. The van der Waals surface area contributed by atoms with Crippen LogP contribution in [0.5, 0.6) is 0 Å². The first-order chi connectivity index (χ1) is 8.11. The summed E-state index contributed by atoms with van der Waals surface area (Å²) in [6.45, 7) is 6.54. The van der Waals surface area contributed by atoms with Crippen LogP contribution in [0.3, 0.4) is 0 Å². The van der Waals surface area contributed by atoms with E-state index in [1.54, 1.807) is 12.4 Å². The molecular weight excluding hydrogens is 214 g/mol. The second-order valence-corrected chi connectivity index (χ2v) is 4.58. The van der Waals surface area contributed by atoms with E-state index < -0.39 is 0 Å². The van der Waals surface area contributed by atoms with Crippen molar-refractivity contribution < 1.29 is 0 Å². The molecule has 2 aromatic rings. The minimum Gasteiger partial charge on any atom is -0.382 e. The number of fused-ring (bicyclic) bond motifs is 1. The first-order valence-electron chi connectivity index (χ1n) is 5.97. The predicted molar refractivity (Wildman–Crippen MR) is 69.9 cm³/mol. The highest BCUT2D eigenvalue weighted by molar-refractivity contribution is 5.65. The molecule has 0 aromatic carbocycles. The van der Waals surface area contributed by atoms with Gasteiger partial charge in [0.25, 0.3) is 0 Å². The molecule has 2 aromatic heterocycles. The standard InChI is InChI=1S/C12H19N5/c1-4-9(8(2)3)15-11-12-14-5-6-17(12)7-10(13)16-11/h5-9H,4,13H2,1-3H3,(H,15,16). The first-order valence-corrected chi connectivity index (χ1v) is 5.97. The van der Waals surface area contributed by atoms with E-state index in [2.05, 4.69) is 36.1 Å². The van der Waals surface area contributed by atoms with Crippen molar-refractivity contribution in [3.05, 3.63) is 18.6 Å². The molecule has 0 aliphatic carbocycles. The number of imidazole rings is 1. The van der Waals surface area contributed by atoms with Crippen LogP contribution in [0, 0.1) is 5.92 Å². The summed E-state index contributed by atoms with van der Waals surface area (Å²) in [4.78, 5) is 8.62. The van der Waals surface area contributed by atoms with Gasteiger partial charge in [-0.1, -0.05) is 20.8 Å². The van der Waals surface area contributed by atoms with Crippen molar-refractivity contribution in [1.29, 1.82) is 0 Å². The number of nitrogens with one attached hydrogen (secondary N) is 1. The van der Waals surface area contributed by atoms with Crippen molar-refractivity contribution in [1.82, 2.24) is 14.4 Å². The topological polar surface area (TPSA) is 68.2 Å². The Morgan fingerprint density at radius 3 is 2.88 bits per heavy atom. The largest absolute Gasteiger partial charge is 0.382 e. The van der Waals surface area contributed by atoms with E-state index >= 15 is 0 Å². The molecule has 0 spiro atoms. The quantitative estimate of drug-likeness (QED) is 0.849. The molecule has 2 heterocycles. The van der Waals surface area contributed by atoms with Gasteiger partial charge in [0.15, 0.2) is 11.5 Å². The van der Waals surface area contributed by atoms with Crippen molar-refractivity contribution in [2.24, 2.45) is 5.92 Å². The lowest BCUT2D eigenvalue weighted by atomic mass is 10.0. The van der Waals surface area contributed by atoms with E-state index in [1.807, 2.05) is 10.6 Å². The molecule has 5 heteroatoms. The van der Waals surface area contributed by atoms with Gasteiger partial charge in [-0.05, 0) is 12.3 Å². The van der Waals surface area contributed by atoms with E-state index in [1.165, 1.54) is 0 Å². The molecule has 1 atom stereocenters. The van der Waals surface area contributed by atoms with Crippen molar-refractivity contribution >= 4 is 17.3 Å². The Labute approximate surface area is 101 Å². The Balaban J connectivity index is 2.37. The van der Waals surface area contributed by atoms with Crippen molar-refractivity contribution in [2.75, 3.05) is 11.1 Å². The zero-order valence-corrected chi connectivity index (χ0v) is 10.5. The Kier molecular flexibility index (Phi) is 3.17. The lowest BCUT2D eigenvalue weighted by Crippen LogP contribution is -2.25. The van der Waals surface area contributed by atoms with Gasteiger partial charge in [-0.3, -0.25) is 0 Å². The zero-order chi connectivity index (χ0) is 12.4. The Bertz CT molecular complexity index is 503. The normalized spacial score (nSPS) is 13.2. The molecule has 0 amide bonds. The van der Waals surface area contributed by atoms with Crippen LogP contribution in [0.4, 0.5) is 11.6 Å². The third-order valence-corrected chi connectivity index (χ3v) is 2.96. The van der Waals surface area contributed by atoms with Crippen LogP contribution in [-0.4, -0.2) is 20.4 Å². The van der Waals surface area contributed by atoms with Gasteiger partial charge in [-0.2, -0.15) is 0 Å². The number of nitrogens with two attached hydrogens (primary N) is 1. The summed E-state index contributed by atoms with van der Waals surface area (Å²) in [7, 11) is 0. The fourth-order valence-electron chi connectivity index (χ4n) is 1.96. The molecule has 5 nitrogen and oxygen atoms in total. The van der Waals surface area contributed by atoms with Gasteiger partial charge < -0.3 is 15.5 Å². The fourth-order valence-corrected chi connectivity index (χ4v) is 1.96. The van der Waals surface area contributed by atoms with Crippen molar-refractivity contribution in [3.63, 3.8) is 0 Å². The van der Waals surface area contributed by atoms with Crippen LogP contribution in [0.2, 0.25) is 0 Å². The molecule has 92 valence electrons. The number of aromatic nitrogens is 3. The van der Waals surface area contributed by atoms with Crippen LogP contribution in [0.25, 0.3) is 5.65 Å². The highest BCUT2D eigenvalue weighted by atomic mass is 15.1. The lowest BCUT2D eigenvalue weighted by Gasteiger charge is -2.21. The summed E-state index contributed by atoms with van der Waals surface area (Å²) in [5.41, 5.74) is 6.60. The second kappa shape index (κ2) is 4.61. The van der Waals surface area contributed by atoms with E-state index in [0.717, 1.165) is 17.9 Å². The monoisotopic (exact) mass is 233 g/mol. The highest BCUT2D eigenvalue weighted by Gasteiger charge is 2.14. The van der Waals surface area contributed by atoms with E-state index in [9.17, 15) is 0 Å². The molecular formula is C12H19N5. The number of nitrogens with zero attached hydrogens (tertiary/aromatic N) is 3. The molecule has 3 N–H and O–H groups in total. The van der Waals surface area contributed by atoms with Crippen LogP contribution in [0.15, 0.2) is 18.6 Å². The van der Waals surface area contributed by atoms with E-state index in [-0.39, 0.29) is 0 Å². The number of nitrogen functional groups attached to an aromatic ring is 1. The molecule has 0 saturated carbocycles. The Morgan fingerprint density at radius 2 is 2.24 bits per heavy atom. The predicted octanol–water partition coefficient (Wildman–Crippen LogP) is 2.16. The summed E-state index contributed by atoms with van der Waals surface area (Å²) < 4.78 is 1.89. The van der Waals surface area contributed by atoms with Gasteiger partial charge in [-0.25, -0.2) is 9.97 Å². The van der Waals surface area contributed by atoms with Crippen LogP contribution >= 0.6 is 0 Å². The minimum atomic E-state index is 0.379. The van der Waals surface area contributed by atoms with Gasteiger partial charge in [0.05, 0.1) is 6.20 Å². The number of hydrogen-bond donors (Lipinski definition) is 2. The minimum absolute atomic E-state index is 0.379. The third kappa shape index (κ3) is 2.33. The molecule has 0 fully saturated rings. The maximum atomic E-state index is 5.78. The van der Waals surface area contributed by atoms with Gasteiger partial charge in [0.2, 0.25) is 0 Å². The molecule has 2 rings (SSSR count). The van der Waals surface area contributed by atoms with Gasteiger partial charge in [0.1, 0.15) is 5.82 Å². The highest BCUT2D eigenvalue weighted by Crippen LogP contribution is 2.18. The fraction of sp³-hybridized carbons (Fsp3) is 0.500. The zero-order valence-electron chi connectivity index (χ0n) is 10.5. The van der Waals surface area contributed by atoms with Gasteiger partial charge in [0, 0.05) is 18.4 Å². The molecule has 0 aliphatic heterocycles. The molecule has 0 radical (unpaired) electrons. The van der Waals surface area contributed by atoms with Crippen LogP contribution < -0.4 is 11.1 Å². The second-order valence-electron chi connectivity index (χ2n) is 4.58. The molecule has 17 heavy (non-hydrogen) atoms. The summed E-state index contributed by atoms with van der Waals surface area (Å²) in [5.74, 6) is 1.80. The van der Waals surface area contributed by atoms with E-state index in [0.29, 0.717) is 17.8 Å². The SMILES string of the molecule is CCC(Nc1nc(N)cn2ccnc12)C(C)C. The smallest absolute Gasteiger partial charge is 0.180 e. The summed E-state index contributed by atoms with van der Waals surface area (Å²) in [5, 5.41) is 3.42. The average Bonchev–Trinajstić information content (AvgIpc) is 2.72. The first kappa shape index (κ1) is 11.7. The third-order valence-electron chi connectivity index (χ3n) is 2.96. The van der Waals surface area contributed by atoms with Gasteiger partial charge in [-0.15, -0.1) is 0 Å². The number of anilines is 2. The molecule has 0 saturated heterocycles. The summed E-state index contributed by atoms with van der Waals surface area (Å²) in [6, 6.07) is 0.379. The van der Waals surface area contributed by atoms with Crippen molar-refractivity contribution in [3.8, 4) is 0 Å². The van der Waals surface area contributed by atoms with E-state index in [4.69, 9.17) is 5.73 Å². The lowest BCUT2D eigenvalue weighted by molar-refractivity contribution is 0.510. The molecule has 0 bridgehead atoms. The maximum absolute atomic E-state index is 5.78. The molecule has 0 aliphatic rings.